The molecule has 0 radical (unpaired) electrons. The Morgan fingerprint density at radius 3 is 2.44 bits per heavy atom. The first-order valence-electron chi connectivity index (χ1n) is 6.22. The maximum Gasteiger partial charge on any atom is 0.105 e. The van der Waals surface area contributed by atoms with Gasteiger partial charge in [-0.05, 0) is 35.1 Å². The van der Waals surface area contributed by atoms with Crippen LogP contribution < -0.4 is 5.32 Å². The largest absolute Gasteiger partial charge is 0.386 e. The normalized spacial score (nSPS) is 12.7. The summed E-state index contributed by atoms with van der Waals surface area (Å²) < 4.78 is 0. The second kappa shape index (κ2) is 6.03. The fourth-order valence-electron chi connectivity index (χ4n) is 1.78. The summed E-state index contributed by atoms with van der Waals surface area (Å²) in [4.78, 5) is 1.00. The van der Waals surface area contributed by atoms with E-state index in [1.54, 1.807) is 11.3 Å². The molecule has 96 valence electrons. The van der Waals surface area contributed by atoms with Crippen LogP contribution in [-0.4, -0.2) is 11.7 Å². The Labute approximate surface area is 112 Å². The number of aliphatic hydroxyl groups is 1. The van der Waals surface area contributed by atoms with Gasteiger partial charge in [0.2, 0.25) is 0 Å². The zero-order valence-corrected chi connectivity index (χ0v) is 11.6. The highest BCUT2D eigenvalue weighted by atomic mass is 32.1. The highest BCUT2D eigenvalue weighted by molar-refractivity contribution is 7.10. The number of nitrogens with one attached hydrogen (secondary N) is 1. The molecule has 0 aliphatic rings. The van der Waals surface area contributed by atoms with Crippen molar-refractivity contribution in [2.24, 2.45) is 0 Å². The van der Waals surface area contributed by atoms with Crippen molar-refractivity contribution < 1.29 is 5.11 Å². The Morgan fingerprint density at radius 1 is 1.17 bits per heavy atom. The van der Waals surface area contributed by atoms with Crippen molar-refractivity contribution in [3.05, 3.63) is 52.2 Å². The van der Waals surface area contributed by atoms with Crippen LogP contribution in [0.1, 0.15) is 36.3 Å². The summed E-state index contributed by atoms with van der Waals surface area (Å²) in [5.41, 5.74) is 2.38. The summed E-state index contributed by atoms with van der Waals surface area (Å²) in [6, 6.07) is 12.3. The lowest BCUT2D eigenvalue weighted by Gasteiger charge is -2.12. The molecule has 1 aromatic carbocycles. The van der Waals surface area contributed by atoms with E-state index in [1.807, 2.05) is 17.5 Å². The molecule has 3 heteroatoms. The van der Waals surface area contributed by atoms with Crippen LogP contribution in [0.3, 0.4) is 0 Å². The number of anilines is 1. The van der Waals surface area contributed by atoms with E-state index < -0.39 is 6.10 Å². The number of hydrogen-bond acceptors (Lipinski definition) is 3. The molecule has 0 bridgehead atoms. The molecular weight excluding hydrogens is 242 g/mol. The van der Waals surface area contributed by atoms with Crippen LogP contribution in [0.2, 0.25) is 0 Å². The molecule has 0 saturated heterocycles. The maximum atomic E-state index is 9.96. The van der Waals surface area contributed by atoms with Gasteiger partial charge in [0, 0.05) is 17.1 Å². The third kappa shape index (κ3) is 3.34. The Bertz CT molecular complexity index is 462. The molecule has 18 heavy (non-hydrogen) atoms. The van der Waals surface area contributed by atoms with Crippen LogP contribution in [0.5, 0.6) is 0 Å². The average molecular weight is 261 g/mol. The molecule has 0 spiro atoms. The van der Waals surface area contributed by atoms with Gasteiger partial charge in [-0.2, -0.15) is 0 Å². The van der Waals surface area contributed by atoms with Crippen molar-refractivity contribution >= 4 is 17.0 Å². The Hall–Kier alpha value is -1.32. The fraction of sp³-hybridized carbons (Fsp3) is 0.333. The van der Waals surface area contributed by atoms with Crippen LogP contribution in [0, 0.1) is 0 Å². The summed E-state index contributed by atoms with van der Waals surface area (Å²) in [7, 11) is 0. The van der Waals surface area contributed by atoms with E-state index in [0.717, 1.165) is 10.6 Å². The van der Waals surface area contributed by atoms with E-state index in [1.165, 1.54) is 5.56 Å². The van der Waals surface area contributed by atoms with Gasteiger partial charge in [-0.1, -0.05) is 32.0 Å². The predicted molar refractivity (Wildman–Crippen MR) is 78.3 cm³/mol. The highest BCUT2D eigenvalue weighted by Crippen LogP contribution is 2.20. The molecule has 2 rings (SSSR count). The molecule has 1 aromatic heterocycles. The Morgan fingerprint density at radius 2 is 1.89 bits per heavy atom. The smallest absolute Gasteiger partial charge is 0.105 e. The van der Waals surface area contributed by atoms with Gasteiger partial charge in [0.05, 0.1) is 0 Å². The van der Waals surface area contributed by atoms with Crippen LogP contribution in [0.15, 0.2) is 41.8 Å². The second-order valence-electron chi connectivity index (χ2n) is 4.69. The number of hydrogen-bond donors (Lipinski definition) is 2. The summed E-state index contributed by atoms with van der Waals surface area (Å²) in [5.74, 6) is 0.552. The minimum atomic E-state index is -0.435. The molecule has 0 aliphatic carbocycles. The quantitative estimate of drug-likeness (QED) is 0.852. The maximum absolute atomic E-state index is 9.96. The van der Waals surface area contributed by atoms with Crippen molar-refractivity contribution in [1.82, 2.24) is 0 Å². The summed E-state index contributed by atoms with van der Waals surface area (Å²) in [5, 5.41) is 15.2. The SMILES string of the molecule is CC(C)c1ccc(NCC(O)c2cccs2)cc1. The predicted octanol–water partition coefficient (Wildman–Crippen LogP) is 4.02. The fourth-order valence-corrected chi connectivity index (χ4v) is 2.49. The topological polar surface area (TPSA) is 32.3 Å². The molecule has 0 amide bonds. The first-order chi connectivity index (χ1) is 8.66. The molecule has 1 atom stereocenters. The van der Waals surface area contributed by atoms with Gasteiger partial charge in [0.25, 0.3) is 0 Å². The average Bonchev–Trinajstić information content (AvgIpc) is 2.90. The molecule has 1 heterocycles. The first kappa shape index (κ1) is 13.1. The van der Waals surface area contributed by atoms with Gasteiger partial charge in [0.1, 0.15) is 6.10 Å². The van der Waals surface area contributed by atoms with Crippen LogP contribution in [-0.2, 0) is 0 Å². The van der Waals surface area contributed by atoms with Crippen molar-refractivity contribution in [2.75, 3.05) is 11.9 Å². The lowest BCUT2D eigenvalue weighted by Crippen LogP contribution is -2.10. The molecule has 0 saturated carbocycles. The lowest BCUT2D eigenvalue weighted by molar-refractivity contribution is 0.195. The van der Waals surface area contributed by atoms with E-state index in [2.05, 4.69) is 43.4 Å². The zero-order chi connectivity index (χ0) is 13.0. The Balaban J connectivity index is 1.90. The second-order valence-corrected chi connectivity index (χ2v) is 5.67. The van der Waals surface area contributed by atoms with Gasteiger partial charge in [-0.3, -0.25) is 0 Å². The molecule has 2 aromatic rings. The van der Waals surface area contributed by atoms with E-state index in [4.69, 9.17) is 0 Å². The molecule has 2 nitrogen and oxygen atoms in total. The standard InChI is InChI=1S/C15H19NOS/c1-11(2)12-5-7-13(8-6-12)16-10-14(17)15-4-3-9-18-15/h3-9,11,14,16-17H,10H2,1-2H3. The van der Waals surface area contributed by atoms with Gasteiger partial charge < -0.3 is 10.4 Å². The number of thiophene rings is 1. The third-order valence-electron chi connectivity index (χ3n) is 2.95. The van der Waals surface area contributed by atoms with Crippen molar-refractivity contribution in [3.8, 4) is 0 Å². The van der Waals surface area contributed by atoms with E-state index >= 15 is 0 Å². The Kier molecular flexibility index (Phi) is 4.39. The highest BCUT2D eigenvalue weighted by Gasteiger charge is 2.07. The molecule has 2 N–H and O–H groups in total. The third-order valence-corrected chi connectivity index (χ3v) is 3.92. The molecule has 0 aliphatic heterocycles. The molecule has 0 fully saturated rings. The van der Waals surface area contributed by atoms with Crippen LogP contribution in [0.4, 0.5) is 5.69 Å². The van der Waals surface area contributed by atoms with Gasteiger partial charge in [0.15, 0.2) is 0 Å². The van der Waals surface area contributed by atoms with E-state index in [9.17, 15) is 5.11 Å². The van der Waals surface area contributed by atoms with Gasteiger partial charge >= 0.3 is 0 Å². The molecular formula is C15H19NOS. The number of aliphatic hydroxyl groups excluding tert-OH is 1. The van der Waals surface area contributed by atoms with Gasteiger partial charge in [-0.25, -0.2) is 0 Å². The minimum absolute atomic E-state index is 0.435. The van der Waals surface area contributed by atoms with Crippen molar-refractivity contribution in [1.29, 1.82) is 0 Å². The minimum Gasteiger partial charge on any atom is -0.386 e. The number of benzene rings is 1. The van der Waals surface area contributed by atoms with Gasteiger partial charge in [-0.15, -0.1) is 11.3 Å². The van der Waals surface area contributed by atoms with E-state index in [-0.39, 0.29) is 0 Å². The number of rotatable bonds is 5. The summed E-state index contributed by atoms with van der Waals surface area (Å²) >= 11 is 1.58. The van der Waals surface area contributed by atoms with E-state index in [0.29, 0.717) is 12.5 Å². The van der Waals surface area contributed by atoms with Crippen molar-refractivity contribution in [2.45, 2.75) is 25.9 Å². The summed E-state index contributed by atoms with van der Waals surface area (Å²) in [6.45, 7) is 4.91. The first-order valence-corrected chi connectivity index (χ1v) is 7.10. The molecule has 1 unspecified atom stereocenters. The van der Waals surface area contributed by atoms with Crippen molar-refractivity contribution in [3.63, 3.8) is 0 Å². The van der Waals surface area contributed by atoms with Crippen LogP contribution in [0.25, 0.3) is 0 Å². The monoisotopic (exact) mass is 261 g/mol. The lowest BCUT2D eigenvalue weighted by atomic mass is 10.0. The summed E-state index contributed by atoms with van der Waals surface area (Å²) in [6.07, 6.45) is -0.435. The zero-order valence-electron chi connectivity index (χ0n) is 10.8. The van der Waals surface area contributed by atoms with Crippen LogP contribution >= 0.6 is 11.3 Å².